The summed E-state index contributed by atoms with van der Waals surface area (Å²) in [6, 6.07) is 5.28. The summed E-state index contributed by atoms with van der Waals surface area (Å²) in [4.78, 5) is 10.5. The first-order chi connectivity index (χ1) is 11.6. The number of nitro benzene ring substituents is 1. The fraction of sp³-hybridized carbons (Fsp3) is 0.500. The van der Waals surface area contributed by atoms with Crippen molar-refractivity contribution in [3.63, 3.8) is 0 Å². The molecule has 1 aliphatic heterocycles. The average molecular weight is 397 g/mol. The third-order valence-corrected chi connectivity index (χ3v) is 4.95. The lowest BCUT2D eigenvalue weighted by Crippen LogP contribution is -2.57. The highest BCUT2D eigenvalue weighted by molar-refractivity contribution is 7.99. The van der Waals surface area contributed by atoms with Crippen LogP contribution < -0.4 is 0 Å². The van der Waals surface area contributed by atoms with Gasteiger partial charge in [-0.3, -0.25) is 14.7 Å². The Morgan fingerprint density at radius 2 is 1.76 bits per heavy atom. The van der Waals surface area contributed by atoms with Gasteiger partial charge < -0.3 is 20.1 Å². The Hall–Kier alpha value is -1.32. The molecule has 0 aromatic heterocycles. The third kappa shape index (κ3) is 5.32. The van der Waals surface area contributed by atoms with E-state index in [1.807, 2.05) is 0 Å². The maximum absolute atomic E-state index is 10.6. The zero-order valence-electron chi connectivity index (χ0n) is 12.4. The fourth-order valence-corrected chi connectivity index (χ4v) is 3.45. The Kier molecular flexibility index (Phi) is 6.34. The molecule has 1 aromatic carbocycles. The van der Waals surface area contributed by atoms with E-state index in [-0.39, 0.29) is 5.69 Å². The molecular formula is C12H15NO10S2. The minimum absolute atomic E-state index is 0.135. The van der Waals surface area contributed by atoms with Crippen molar-refractivity contribution >= 4 is 27.8 Å². The number of aliphatic hydroxyl groups is 3. The molecule has 0 amide bonds. The van der Waals surface area contributed by atoms with Crippen LogP contribution >= 0.6 is 11.8 Å². The number of aliphatic hydroxyl groups excluding tert-OH is 3. The highest BCUT2D eigenvalue weighted by Crippen LogP contribution is 2.34. The minimum atomic E-state index is -4.77. The van der Waals surface area contributed by atoms with Gasteiger partial charge >= 0.3 is 10.4 Å². The molecule has 0 saturated carbocycles. The van der Waals surface area contributed by atoms with Gasteiger partial charge in [-0.1, -0.05) is 11.8 Å². The predicted octanol–water partition coefficient (Wildman–Crippen LogP) is -0.686. The van der Waals surface area contributed by atoms with Gasteiger partial charge in [0.25, 0.3) is 5.69 Å². The highest BCUT2D eigenvalue weighted by atomic mass is 32.3. The van der Waals surface area contributed by atoms with Crippen LogP contribution in [0.3, 0.4) is 0 Å². The van der Waals surface area contributed by atoms with Crippen LogP contribution in [0.5, 0.6) is 0 Å². The molecular weight excluding hydrogens is 382 g/mol. The van der Waals surface area contributed by atoms with Crippen LogP contribution in [0.1, 0.15) is 0 Å². The first-order valence-corrected chi connectivity index (χ1v) is 9.05. The standard InChI is InChI=1S/C12H15NO10S2/c14-9-8(5-22-25(19,20)21)23-12(11(16)10(9)15)24-7-3-1-6(2-4-7)13(17)18/h1-4,8-12,14-16H,5H2,(H,19,20,21)/t8-,9+,10+,11-,12+/m1/s1. The van der Waals surface area contributed by atoms with Crippen LogP contribution in [-0.4, -0.2) is 69.7 Å². The van der Waals surface area contributed by atoms with Gasteiger partial charge in [0, 0.05) is 17.0 Å². The zero-order valence-corrected chi connectivity index (χ0v) is 14.0. The van der Waals surface area contributed by atoms with Crippen LogP contribution in [0.2, 0.25) is 0 Å². The average Bonchev–Trinajstić information content (AvgIpc) is 2.54. The minimum Gasteiger partial charge on any atom is -0.387 e. The van der Waals surface area contributed by atoms with E-state index < -0.39 is 51.8 Å². The van der Waals surface area contributed by atoms with Gasteiger partial charge in [-0.05, 0) is 12.1 Å². The molecule has 0 radical (unpaired) electrons. The summed E-state index contributed by atoms with van der Waals surface area (Å²) in [7, 11) is -4.77. The van der Waals surface area contributed by atoms with Crippen molar-refractivity contribution in [1.29, 1.82) is 0 Å². The summed E-state index contributed by atoms with van der Waals surface area (Å²) in [6.45, 7) is -0.777. The monoisotopic (exact) mass is 397 g/mol. The summed E-state index contributed by atoms with van der Waals surface area (Å²) < 4.78 is 39.2. The van der Waals surface area contributed by atoms with Gasteiger partial charge in [0.1, 0.15) is 29.9 Å². The first kappa shape index (κ1) is 20.0. The molecule has 1 aromatic rings. The first-order valence-electron chi connectivity index (χ1n) is 6.81. The van der Waals surface area contributed by atoms with Crippen molar-refractivity contribution in [2.75, 3.05) is 6.61 Å². The van der Waals surface area contributed by atoms with E-state index in [1.54, 1.807) is 0 Å². The summed E-state index contributed by atoms with van der Waals surface area (Å²) in [5, 5.41) is 40.3. The summed E-state index contributed by atoms with van der Waals surface area (Å²) in [6.07, 6.45) is -6.15. The fourth-order valence-electron chi connectivity index (χ4n) is 2.09. The quantitative estimate of drug-likeness (QED) is 0.271. The largest absolute Gasteiger partial charge is 0.397 e. The molecule has 5 atom stereocenters. The molecule has 1 fully saturated rings. The van der Waals surface area contributed by atoms with Gasteiger partial charge in [-0.15, -0.1) is 0 Å². The summed E-state index contributed by atoms with van der Waals surface area (Å²) in [5.74, 6) is 0. The second-order valence-corrected chi connectivity index (χ2v) is 7.36. The van der Waals surface area contributed by atoms with E-state index in [2.05, 4.69) is 4.18 Å². The van der Waals surface area contributed by atoms with Crippen molar-refractivity contribution < 1.29 is 42.1 Å². The SMILES string of the molecule is O=[N+]([O-])c1ccc(S[C@@H]2O[C@H](COS(=O)(=O)O)[C@H](O)[C@H](O)[C@H]2O)cc1. The molecule has 11 nitrogen and oxygen atoms in total. The van der Waals surface area contributed by atoms with Crippen LogP contribution in [0, 0.1) is 10.1 Å². The Balaban J connectivity index is 2.08. The van der Waals surface area contributed by atoms with Crippen LogP contribution in [-0.2, 0) is 19.3 Å². The predicted molar refractivity (Wildman–Crippen MR) is 83.1 cm³/mol. The number of hydrogen-bond donors (Lipinski definition) is 4. The Labute approximate surface area is 146 Å². The number of hydrogen-bond acceptors (Lipinski definition) is 10. The van der Waals surface area contributed by atoms with Gasteiger partial charge in [0.15, 0.2) is 0 Å². The second-order valence-electron chi connectivity index (χ2n) is 5.10. The van der Waals surface area contributed by atoms with Crippen molar-refractivity contribution in [2.24, 2.45) is 0 Å². The molecule has 140 valence electrons. The molecule has 1 aliphatic rings. The summed E-state index contributed by atoms with van der Waals surface area (Å²) in [5.41, 5.74) is -1.25. The smallest absolute Gasteiger partial charge is 0.387 e. The van der Waals surface area contributed by atoms with E-state index >= 15 is 0 Å². The number of nitro groups is 1. The molecule has 2 rings (SSSR count). The molecule has 0 spiro atoms. The van der Waals surface area contributed by atoms with Crippen LogP contribution in [0.4, 0.5) is 5.69 Å². The Morgan fingerprint density at radius 3 is 2.28 bits per heavy atom. The van der Waals surface area contributed by atoms with E-state index in [1.165, 1.54) is 24.3 Å². The normalized spacial score (nSPS) is 30.2. The topological polar surface area (TPSA) is 177 Å². The summed E-state index contributed by atoms with van der Waals surface area (Å²) >= 11 is 0.903. The lowest BCUT2D eigenvalue weighted by molar-refractivity contribution is -0.384. The van der Waals surface area contributed by atoms with Crippen molar-refractivity contribution in [2.45, 2.75) is 34.7 Å². The maximum atomic E-state index is 10.6. The molecule has 0 aliphatic carbocycles. The number of benzene rings is 1. The number of ether oxygens (including phenoxy) is 1. The molecule has 0 unspecified atom stereocenters. The van der Waals surface area contributed by atoms with E-state index in [9.17, 15) is 33.9 Å². The number of nitrogens with zero attached hydrogens (tertiary/aromatic N) is 1. The van der Waals surface area contributed by atoms with Crippen LogP contribution in [0.15, 0.2) is 29.2 Å². The van der Waals surface area contributed by atoms with Gasteiger partial charge in [-0.2, -0.15) is 8.42 Å². The van der Waals surface area contributed by atoms with Gasteiger partial charge in [-0.25, -0.2) is 4.18 Å². The van der Waals surface area contributed by atoms with E-state index in [4.69, 9.17) is 9.29 Å². The van der Waals surface area contributed by atoms with Gasteiger partial charge in [0.05, 0.1) is 11.5 Å². The zero-order chi connectivity index (χ0) is 18.8. The Bertz CT molecular complexity index is 709. The molecule has 25 heavy (non-hydrogen) atoms. The number of rotatable bonds is 6. The number of thioether (sulfide) groups is 1. The molecule has 13 heteroatoms. The molecule has 4 N–H and O–H groups in total. The molecule has 1 saturated heterocycles. The number of non-ortho nitro benzene ring substituents is 1. The molecule has 0 bridgehead atoms. The van der Waals surface area contributed by atoms with Gasteiger partial charge in [0.2, 0.25) is 0 Å². The molecule has 1 heterocycles. The van der Waals surface area contributed by atoms with Crippen molar-refractivity contribution in [1.82, 2.24) is 0 Å². The third-order valence-electron chi connectivity index (χ3n) is 3.35. The maximum Gasteiger partial charge on any atom is 0.397 e. The van der Waals surface area contributed by atoms with Crippen molar-refractivity contribution in [3.05, 3.63) is 34.4 Å². The van der Waals surface area contributed by atoms with Crippen LogP contribution in [0.25, 0.3) is 0 Å². The van der Waals surface area contributed by atoms with Crippen molar-refractivity contribution in [3.8, 4) is 0 Å². The van der Waals surface area contributed by atoms with E-state index in [0.29, 0.717) is 4.90 Å². The van der Waals surface area contributed by atoms with E-state index in [0.717, 1.165) is 11.8 Å². The Morgan fingerprint density at radius 1 is 1.16 bits per heavy atom. The lowest BCUT2D eigenvalue weighted by Gasteiger charge is -2.39. The lowest BCUT2D eigenvalue weighted by atomic mass is 10.0. The highest BCUT2D eigenvalue weighted by Gasteiger charge is 2.44. The second kappa shape index (κ2) is 7.92.